The Hall–Kier alpha value is -2.73. The van der Waals surface area contributed by atoms with Gasteiger partial charge in [-0.3, -0.25) is 9.36 Å². The number of aromatic nitrogens is 3. The summed E-state index contributed by atoms with van der Waals surface area (Å²) in [4.78, 5) is 23.5. The number of pyridine rings is 1. The fraction of sp³-hybridized carbons (Fsp3) is 0.316. The zero-order chi connectivity index (χ0) is 17.4. The maximum absolute atomic E-state index is 12.7. The van der Waals surface area contributed by atoms with Crippen LogP contribution in [0, 0.1) is 0 Å². The molecule has 4 rings (SSSR count). The first kappa shape index (κ1) is 15.8. The third kappa shape index (κ3) is 3.00. The van der Waals surface area contributed by atoms with Gasteiger partial charge >= 0.3 is 0 Å². The first-order valence-electron chi connectivity index (χ1n) is 8.46. The fourth-order valence-corrected chi connectivity index (χ4v) is 3.29. The Morgan fingerprint density at radius 3 is 2.76 bits per heavy atom. The molecule has 1 amide bonds. The minimum absolute atomic E-state index is 0.0316. The minimum Gasteiger partial charge on any atom is -0.335 e. The van der Waals surface area contributed by atoms with Gasteiger partial charge in [0, 0.05) is 31.4 Å². The number of hydrogen-bond acceptors (Lipinski definition) is 4. The molecule has 0 atom stereocenters. The van der Waals surface area contributed by atoms with Crippen molar-refractivity contribution in [3.05, 3.63) is 54.5 Å². The molecule has 1 aliphatic rings. The molecule has 0 unspecified atom stereocenters. The van der Waals surface area contributed by atoms with Crippen LogP contribution in [0.2, 0.25) is 0 Å². The smallest absolute Gasteiger partial charge is 0.255 e. The first-order valence-corrected chi connectivity index (χ1v) is 8.46. The second-order valence-corrected chi connectivity index (χ2v) is 7.05. The molecule has 1 saturated heterocycles. The Morgan fingerprint density at radius 2 is 2.00 bits per heavy atom. The monoisotopic (exact) mass is 335 g/mol. The van der Waals surface area contributed by atoms with Crippen LogP contribution < -0.4 is 5.32 Å². The van der Waals surface area contributed by atoms with Crippen LogP contribution in [-0.2, 0) is 0 Å². The lowest BCUT2D eigenvalue weighted by Crippen LogP contribution is -2.58. The van der Waals surface area contributed by atoms with Gasteiger partial charge in [-0.05, 0) is 38.1 Å². The lowest BCUT2D eigenvalue weighted by atomic mass is 10.0. The lowest BCUT2D eigenvalue weighted by molar-refractivity contribution is 0.0652. The van der Waals surface area contributed by atoms with Gasteiger partial charge in [-0.25, -0.2) is 9.97 Å². The largest absolute Gasteiger partial charge is 0.335 e. The zero-order valence-electron chi connectivity index (χ0n) is 14.4. The van der Waals surface area contributed by atoms with Gasteiger partial charge in [0.25, 0.3) is 5.91 Å². The molecule has 0 saturated carbocycles. The third-order valence-corrected chi connectivity index (χ3v) is 4.55. The molecule has 0 radical (unpaired) electrons. The van der Waals surface area contributed by atoms with Gasteiger partial charge in [0.2, 0.25) is 0 Å². The quantitative estimate of drug-likeness (QED) is 0.780. The molecule has 25 heavy (non-hydrogen) atoms. The molecule has 6 nitrogen and oxygen atoms in total. The van der Waals surface area contributed by atoms with Crippen LogP contribution in [0.15, 0.2) is 48.9 Å². The Balaban J connectivity index is 1.59. The third-order valence-electron chi connectivity index (χ3n) is 4.55. The Morgan fingerprint density at radius 1 is 1.16 bits per heavy atom. The van der Waals surface area contributed by atoms with Gasteiger partial charge in [0.15, 0.2) is 0 Å². The molecular formula is C19H21N5O. The number of imidazole rings is 1. The van der Waals surface area contributed by atoms with Gasteiger partial charge in [-0.1, -0.05) is 12.1 Å². The summed E-state index contributed by atoms with van der Waals surface area (Å²) in [5, 5.41) is 3.42. The number of hydrogen-bond donors (Lipinski definition) is 1. The predicted molar refractivity (Wildman–Crippen MR) is 96.9 cm³/mol. The summed E-state index contributed by atoms with van der Waals surface area (Å²) in [6, 6.07) is 11.6. The highest BCUT2D eigenvalue weighted by atomic mass is 16.2. The van der Waals surface area contributed by atoms with Crippen LogP contribution >= 0.6 is 0 Å². The molecule has 0 aliphatic carbocycles. The van der Waals surface area contributed by atoms with E-state index in [1.54, 1.807) is 12.5 Å². The van der Waals surface area contributed by atoms with Gasteiger partial charge in [0.05, 0.1) is 16.6 Å². The fourth-order valence-electron chi connectivity index (χ4n) is 3.29. The summed E-state index contributed by atoms with van der Waals surface area (Å²) in [6.45, 7) is 6.44. The highest BCUT2D eigenvalue weighted by Crippen LogP contribution is 2.18. The van der Waals surface area contributed by atoms with E-state index < -0.39 is 0 Å². The second kappa shape index (κ2) is 5.97. The van der Waals surface area contributed by atoms with E-state index in [0.717, 1.165) is 29.9 Å². The van der Waals surface area contributed by atoms with E-state index in [9.17, 15) is 4.79 Å². The zero-order valence-corrected chi connectivity index (χ0v) is 14.4. The summed E-state index contributed by atoms with van der Waals surface area (Å²) in [5.74, 6) is 0.787. The SMILES string of the molecule is CC1(C)CN(C(=O)c2ccc(-n3cnc4ccccc43)nc2)CCN1. The Labute approximate surface area is 146 Å². The number of piperazine rings is 1. The van der Waals surface area contributed by atoms with Crippen LogP contribution in [0.25, 0.3) is 16.9 Å². The first-order chi connectivity index (χ1) is 12.0. The summed E-state index contributed by atoms with van der Waals surface area (Å²) in [6.07, 6.45) is 3.41. The van der Waals surface area contributed by atoms with E-state index in [1.807, 2.05) is 45.9 Å². The lowest BCUT2D eigenvalue weighted by Gasteiger charge is -2.39. The Bertz CT molecular complexity index is 913. The predicted octanol–water partition coefficient (Wildman–Crippen LogP) is 2.24. The number of benzene rings is 1. The van der Waals surface area contributed by atoms with Gasteiger partial charge in [0.1, 0.15) is 12.1 Å². The minimum atomic E-state index is -0.0585. The topological polar surface area (TPSA) is 63.1 Å². The number of nitrogens with one attached hydrogen (secondary N) is 1. The van der Waals surface area contributed by atoms with Crippen molar-refractivity contribution in [1.29, 1.82) is 0 Å². The standard InChI is InChI=1S/C19H21N5O/c1-19(2)12-23(10-9-22-19)18(25)14-7-8-17(20-11-14)24-13-21-15-5-3-4-6-16(15)24/h3-8,11,13,22H,9-10,12H2,1-2H3. The van der Waals surface area contributed by atoms with Crippen LogP contribution in [0.4, 0.5) is 0 Å². The van der Waals surface area contributed by atoms with Gasteiger partial charge in [-0.15, -0.1) is 0 Å². The Kier molecular flexibility index (Phi) is 3.77. The maximum atomic E-state index is 12.7. The van der Waals surface area contributed by atoms with E-state index in [0.29, 0.717) is 12.1 Å². The molecule has 1 aromatic carbocycles. The van der Waals surface area contributed by atoms with Crippen LogP contribution in [-0.4, -0.2) is 50.5 Å². The molecule has 0 bridgehead atoms. The molecule has 6 heteroatoms. The van der Waals surface area contributed by atoms with Crippen LogP contribution in [0.3, 0.4) is 0 Å². The number of carbonyl (C=O) groups is 1. The van der Waals surface area contributed by atoms with Crippen molar-refractivity contribution in [2.75, 3.05) is 19.6 Å². The van der Waals surface area contributed by atoms with Crippen molar-refractivity contribution in [2.45, 2.75) is 19.4 Å². The van der Waals surface area contributed by atoms with Gasteiger partial charge in [-0.2, -0.15) is 0 Å². The van der Waals surface area contributed by atoms with E-state index in [-0.39, 0.29) is 11.4 Å². The molecule has 1 N–H and O–H groups in total. The molecule has 128 valence electrons. The number of carbonyl (C=O) groups excluding carboxylic acids is 1. The normalized spacial score (nSPS) is 17.0. The molecule has 1 fully saturated rings. The van der Waals surface area contributed by atoms with Gasteiger partial charge < -0.3 is 10.2 Å². The van der Waals surface area contributed by atoms with Crippen molar-refractivity contribution >= 4 is 16.9 Å². The highest BCUT2D eigenvalue weighted by molar-refractivity contribution is 5.94. The second-order valence-electron chi connectivity index (χ2n) is 7.05. The number of rotatable bonds is 2. The number of fused-ring (bicyclic) bond motifs is 1. The number of para-hydroxylation sites is 2. The van der Waals surface area contributed by atoms with E-state index in [1.165, 1.54) is 0 Å². The van der Waals surface area contributed by atoms with Crippen molar-refractivity contribution in [3.8, 4) is 5.82 Å². The van der Waals surface area contributed by atoms with Crippen LogP contribution in [0.5, 0.6) is 0 Å². The molecule has 3 aromatic rings. The average molecular weight is 335 g/mol. The molecule has 1 aliphatic heterocycles. The van der Waals surface area contributed by atoms with E-state index in [2.05, 4.69) is 29.1 Å². The number of nitrogens with zero attached hydrogens (tertiary/aromatic N) is 4. The highest BCUT2D eigenvalue weighted by Gasteiger charge is 2.29. The van der Waals surface area contributed by atoms with Crippen molar-refractivity contribution in [3.63, 3.8) is 0 Å². The number of amides is 1. The molecule has 3 heterocycles. The average Bonchev–Trinajstić information content (AvgIpc) is 3.04. The maximum Gasteiger partial charge on any atom is 0.255 e. The molecule has 0 spiro atoms. The van der Waals surface area contributed by atoms with Crippen LogP contribution in [0.1, 0.15) is 24.2 Å². The van der Waals surface area contributed by atoms with Crippen molar-refractivity contribution in [2.24, 2.45) is 0 Å². The summed E-state index contributed by atoms with van der Waals surface area (Å²) >= 11 is 0. The van der Waals surface area contributed by atoms with E-state index in [4.69, 9.17) is 0 Å². The molecular weight excluding hydrogens is 314 g/mol. The summed E-state index contributed by atoms with van der Waals surface area (Å²) in [7, 11) is 0. The summed E-state index contributed by atoms with van der Waals surface area (Å²) in [5.41, 5.74) is 2.48. The van der Waals surface area contributed by atoms with Crippen molar-refractivity contribution in [1.82, 2.24) is 24.8 Å². The van der Waals surface area contributed by atoms with Crippen molar-refractivity contribution < 1.29 is 4.79 Å². The molecule has 2 aromatic heterocycles. The summed E-state index contributed by atoms with van der Waals surface area (Å²) < 4.78 is 1.93. The van der Waals surface area contributed by atoms with E-state index >= 15 is 0 Å².